The second-order valence-corrected chi connectivity index (χ2v) is 6.82. The summed E-state index contributed by atoms with van der Waals surface area (Å²) in [5.41, 5.74) is -0.163. The van der Waals surface area contributed by atoms with Crippen LogP contribution in [0.1, 0.15) is 46.5 Å². The molecule has 0 bridgehead atoms. The number of likely N-dealkylation sites (N-methyl/N-ethyl adjacent to an activating group) is 1. The number of nitrogens with zero attached hydrogens (tertiary/aromatic N) is 2. The normalized spacial score (nSPS) is 34.5. The van der Waals surface area contributed by atoms with Crippen molar-refractivity contribution in [1.82, 2.24) is 15.1 Å². The van der Waals surface area contributed by atoms with E-state index in [0.717, 1.165) is 25.9 Å². The molecule has 3 fully saturated rings. The Kier molecular flexibility index (Phi) is 3.34. The number of carbonyl (C=O) groups excluding carboxylic acids is 1. The average molecular weight is 265 g/mol. The molecule has 108 valence electrons. The second kappa shape index (κ2) is 4.74. The molecule has 2 unspecified atom stereocenters. The van der Waals surface area contributed by atoms with Crippen LogP contribution in [0.4, 0.5) is 0 Å². The lowest BCUT2D eigenvalue weighted by atomic mass is 10.0. The Morgan fingerprint density at radius 1 is 1.42 bits per heavy atom. The van der Waals surface area contributed by atoms with Crippen LogP contribution in [-0.2, 0) is 4.79 Å². The maximum atomic E-state index is 12.7. The smallest absolute Gasteiger partial charge is 0.244 e. The minimum absolute atomic E-state index is 0.163. The van der Waals surface area contributed by atoms with E-state index in [2.05, 4.69) is 35.9 Å². The fourth-order valence-electron chi connectivity index (χ4n) is 3.70. The van der Waals surface area contributed by atoms with Crippen molar-refractivity contribution in [1.29, 1.82) is 0 Å². The molecule has 1 amide bonds. The summed E-state index contributed by atoms with van der Waals surface area (Å²) < 4.78 is 0. The highest BCUT2D eigenvalue weighted by Gasteiger charge is 2.60. The van der Waals surface area contributed by atoms with Crippen LogP contribution in [-0.4, -0.2) is 53.1 Å². The van der Waals surface area contributed by atoms with Gasteiger partial charge in [-0.1, -0.05) is 20.8 Å². The van der Waals surface area contributed by atoms with Crippen molar-refractivity contribution in [3.8, 4) is 0 Å². The van der Waals surface area contributed by atoms with Crippen LogP contribution in [0.2, 0.25) is 0 Å². The molecule has 0 radical (unpaired) electrons. The molecule has 2 atom stereocenters. The third kappa shape index (κ3) is 2.19. The van der Waals surface area contributed by atoms with E-state index in [1.54, 1.807) is 0 Å². The maximum absolute atomic E-state index is 12.7. The van der Waals surface area contributed by atoms with Gasteiger partial charge in [0.25, 0.3) is 0 Å². The lowest BCUT2D eigenvalue weighted by Crippen LogP contribution is -2.53. The van der Waals surface area contributed by atoms with Gasteiger partial charge in [0.1, 0.15) is 0 Å². The van der Waals surface area contributed by atoms with Gasteiger partial charge in [-0.2, -0.15) is 0 Å². The summed E-state index contributed by atoms with van der Waals surface area (Å²) in [6.45, 7) is 10.0. The lowest BCUT2D eigenvalue weighted by molar-refractivity contribution is -0.134. The molecule has 0 aromatic carbocycles. The Morgan fingerprint density at radius 2 is 2.16 bits per heavy atom. The predicted octanol–water partition coefficient (Wildman–Crippen LogP) is 1.42. The van der Waals surface area contributed by atoms with E-state index in [4.69, 9.17) is 0 Å². The zero-order chi connectivity index (χ0) is 13.6. The Balaban J connectivity index is 1.78. The van der Waals surface area contributed by atoms with Crippen molar-refractivity contribution >= 4 is 5.91 Å². The molecular weight excluding hydrogens is 238 g/mol. The topological polar surface area (TPSA) is 35.6 Å². The zero-order valence-electron chi connectivity index (χ0n) is 12.5. The van der Waals surface area contributed by atoms with Crippen molar-refractivity contribution in [2.24, 2.45) is 5.92 Å². The van der Waals surface area contributed by atoms with Gasteiger partial charge in [-0.3, -0.25) is 10.1 Å². The summed E-state index contributed by atoms with van der Waals surface area (Å²) in [4.78, 5) is 17.4. The summed E-state index contributed by atoms with van der Waals surface area (Å²) in [5, 5.41) is 3.63. The summed E-state index contributed by atoms with van der Waals surface area (Å²) in [5.74, 6) is 0.870. The molecule has 1 N–H and O–H groups in total. The van der Waals surface area contributed by atoms with E-state index in [1.165, 1.54) is 19.4 Å². The molecule has 19 heavy (non-hydrogen) atoms. The molecule has 2 saturated heterocycles. The number of hydrogen-bond donors (Lipinski definition) is 1. The number of carbonyl (C=O) groups is 1. The first-order valence-electron chi connectivity index (χ1n) is 7.90. The number of piperidine rings is 1. The number of likely N-dealkylation sites (tertiary alicyclic amines) is 1. The van der Waals surface area contributed by atoms with Crippen molar-refractivity contribution in [2.75, 3.05) is 19.6 Å². The first-order chi connectivity index (χ1) is 9.07. The van der Waals surface area contributed by atoms with Gasteiger partial charge >= 0.3 is 0 Å². The van der Waals surface area contributed by atoms with E-state index in [9.17, 15) is 4.79 Å². The van der Waals surface area contributed by atoms with Gasteiger partial charge in [-0.05, 0) is 44.7 Å². The molecule has 0 aromatic rings. The first kappa shape index (κ1) is 13.4. The minimum atomic E-state index is -0.163. The Hall–Kier alpha value is -0.610. The average Bonchev–Trinajstić information content (AvgIpc) is 3.12. The van der Waals surface area contributed by atoms with Crippen molar-refractivity contribution < 1.29 is 4.79 Å². The molecule has 3 rings (SSSR count). The van der Waals surface area contributed by atoms with Gasteiger partial charge in [-0.15, -0.1) is 0 Å². The highest BCUT2D eigenvalue weighted by molar-refractivity contribution is 5.92. The summed E-state index contributed by atoms with van der Waals surface area (Å²) >= 11 is 0. The van der Waals surface area contributed by atoms with Crippen LogP contribution in [0.25, 0.3) is 0 Å². The highest BCUT2D eigenvalue weighted by Crippen LogP contribution is 2.44. The lowest BCUT2D eigenvalue weighted by Gasteiger charge is -2.40. The first-order valence-corrected chi connectivity index (χ1v) is 7.90. The SMILES string of the molecule is CCN1CCCC(N2C(=O)C3(CC3)NC2C(C)C)C1. The fraction of sp³-hybridized carbons (Fsp3) is 0.933. The van der Waals surface area contributed by atoms with Crippen molar-refractivity contribution in [3.05, 3.63) is 0 Å². The Morgan fingerprint density at radius 3 is 2.74 bits per heavy atom. The Labute approximate surface area is 116 Å². The fourth-order valence-corrected chi connectivity index (χ4v) is 3.70. The summed E-state index contributed by atoms with van der Waals surface area (Å²) in [6, 6.07) is 0.418. The maximum Gasteiger partial charge on any atom is 0.244 e. The van der Waals surface area contributed by atoms with Crippen LogP contribution >= 0.6 is 0 Å². The molecule has 1 saturated carbocycles. The number of amides is 1. The number of hydrogen-bond acceptors (Lipinski definition) is 3. The van der Waals surface area contributed by atoms with E-state index in [0.29, 0.717) is 17.9 Å². The molecule has 1 aliphatic carbocycles. The molecule has 4 heteroatoms. The summed E-state index contributed by atoms with van der Waals surface area (Å²) in [7, 11) is 0. The standard InChI is InChI=1S/C15H27N3O/c1-4-17-9-5-6-12(10-17)18-13(11(2)3)16-15(7-8-15)14(18)19/h11-13,16H,4-10H2,1-3H3. The van der Waals surface area contributed by atoms with Crippen LogP contribution in [0.5, 0.6) is 0 Å². The van der Waals surface area contributed by atoms with Crippen molar-refractivity contribution in [3.63, 3.8) is 0 Å². The number of nitrogens with one attached hydrogen (secondary N) is 1. The van der Waals surface area contributed by atoms with E-state index < -0.39 is 0 Å². The van der Waals surface area contributed by atoms with Gasteiger partial charge in [0, 0.05) is 12.6 Å². The molecule has 1 spiro atoms. The third-order valence-corrected chi connectivity index (χ3v) is 5.07. The van der Waals surface area contributed by atoms with E-state index >= 15 is 0 Å². The van der Waals surface area contributed by atoms with Gasteiger partial charge in [0.05, 0.1) is 11.7 Å². The number of rotatable bonds is 3. The second-order valence-electron chi connectivity index (χ2n) is 6.82. The van der Waals surface area contributed by atoms with Crippen molar-refractivity contribution in [2.45, 2.75) is 64.2 Å². The molecule has 2 heterocycles. The van der Waals surface area contributed by atoms with Gasteiger partial charge < -0.3 is 9.80 Å². The molecule has 3 aliphatic rings. The van der Waals surface area contributed by atoms with Crippen LogP contribution < -0.4 is 5.32 Å². The zero-order valence-corrected chi connectivity index (χ0v) is 12.5. The van der Waals surface area contributed by atoms with Gasteiger partial charge in [0.2, 0.25) is 5.91 Å². The van der Waals surface area contributed by atoms with Crippen LogP contribution in [0, 0.1) is 5.92 Å². The molecular formula is C15H27N3O. The third-order valence-electron chi connectivity index (χ3n) is 5.07. The molecule has 4 nitrogen and oxygen atoms in total. The quantitative estimate of drug-likeness (QED) is 0.838. The minimum Gasteiger partial charge on any atom is -0.321 e. The molecule has 0 aromatic heterocycles. The van der Waals surface area contributed by atoms with Gasteiger partial charge in [-0.25, -0.2) is 0 Å². The van der Waals surface area contributed by atoms with E-state index in [1.807, 2.05) is 0 Å². The van der Waals surface area contributed by atoms with Crippen LogP contribution in [0.15, 0.2) is 0 Å². The highest BCUT2D eigenvalue weighted by atomic mass is 16.2. The van der Waals surface area contributed by atoms with E-state index in [-0.39, 0.29) is 11.7 Å². The van der Waals surface area contributed by atoms with Gasteiger partial charge in [0.15, 0.2) is 0 Å². The van der Waals surface area contributed by atoms with Crippen LogP contribution in [0.3, 0.4) is 0 Å². The molecule has 2 aliphatic heterocycles. The Bertz CT molecular complexity index is 364. The monoisotopic (exact) mass is 265 g/mol. The largest absolute Gasteiger partial charge is 0.321 e. The summed E-state index contributed by atoms with van der Waals surface area (Å²) in [6.07, 6.45) is 4.71. The predicted molar refractivity (Wildman–Crippen MR) is 75.7 cm³/mol.